The Hall–Kier alpha value is -3.76. The van der Waals surface area contributed by atoms with Gasteiger partial charge in [-0.25, -0.2) is 17.6 Å². The number of esters is 1. The molecule has 0 spiro atoms. The van der Waals surface area contributed by atoms with Crippen molar-refractivity contribution >= 4 is 39.0 Å². The summed E-state index contributed by atoms with van der Waals surface area (Å²) in [6.45, 7) is 2.49. The highest BCUT2D eigenvalue weighted by Crippen LogP contribution is 2.43. The average molecular weight is 609 g/mol. The Morgan fingerprint density at radius 3 is 2.36 bits per heavy atom. The summed E-state index contributed by atoms with van der Waals surface area (Å²) in [5, 5.41) is 0.238. The first-order valence-corrected chi connectivity index (χ1v) is 15.1. The normalized spacial score (nSPS) is 17.3. The van der Waals surface area contributed by atoms with Crippen molar-refractivity contribution in [1.29, 1.82) is 0 Å². The molecule has 2 atom stereocenters. The highest BCUT2D eigenvalue weighted by atomic mass is 35.5. The number of methoxy groups -OCH3 is 1. The van der Waals surface area contributed by atoms with Crippen LogP contribution in [0.2, 0.25) is 5.02 Å². The summed E-state index contributed by atoms with van der Waals surface area (Å²) in [4.78, 5) is 14.1. The molecule has 0 radical (unpaired) electrons. The third-order valence-electron chi connectivity index (χ3n) is 7.48. The zero-order valence-electron chi connectivity index (χ0n) is 23.3. The molecule has 0 unspecified atom stereocenters. The maximum atomic E-state index is 14.4. The van der Waals surface area contributed by atoms with E-state index in [1.807, 2.05) is 72.5 Å². The Morgan fingerprint density at radius 1 is 1.02 bits per heavy atom. The van der Waals surface area contributed by atoms with Gasteiger partial charge in [-0.15, -0.1) is 0 Å². The van der Waals surface area contributed by atoms with Crippen molar-refractivity contribution in [2.75, 3.05) is 25.6 Å². The smallest absolute Gasteiger partial charge is 0.340 e. The van der Waals surface area contributed by atoms with Crippen molar-refractivity contribution in [2.45, 2.75) is 30.6 Å². The van der Waals surface area contributed by atoms with Gasteiger partial charge in [0.25, 0.3) is 0 Å². The van der Waals surface area contributed by atoms with E-state index < -0.39 is 34.0 Å². The number of likely N-dealkylation sites (N-methyl/N-ethyl adjacent to an activating group) is 1. The Morgan fingerprint density at radius 2 is 1.69 bits per heavy atom. The van der Waals surface area contributed by atoms with E-state index in [-0.39, 0.29) is 15.5 Å². The van der Waals surface area contributed by atoms with Crippen molar-refractivity contribution < 1.29 is 27.1 Å². The Balaban J connectivity index is 1.62. The zero-order valence-corrected chi connectivity index (χ0v) is 24.9. The Labute approximate surface area is 250 Å². The van der Waals surface area contributed by atoms with Crippen LogP contribution in [0.4, 0.5) is 15.8 Å². The molecule has 0 saturated carbocycles. The highest BCUT2D eigenvalue weighted by Gasteiger charge is 2.40. The summed E-state index contributed by atoms with van der Waals surface area (Å²) in [7, 11) is -1.37. The number of hydrogen-bond donors (Lipinski definition) is 0. The Bertz CT molecular complexity index is 1700. The second-order valence-electron chi connectivity index (χ2n) is 10.0. The van der Waals surface area contributed by atoms with Gasteiger partial charge in [0, 0.05) is 24.8 Å². The van der Waals surface area contributed by atoms with Crippen LogP contribution in [0.15, 0.2) is 95.9 Å². The minimum Gasteiger partial charge on any atom is -0.465 e. The van der Waals surface area contributed by atoms with Gasteiger partial charge in [0.05, 0.1) is 42.1 Å². The lowest BCUT2D eigenvalue weighted by Gasteiger charge is -2.33. The summed E-state index contributed by atoms with van der Waals surface area (Å²) in [5.41, 5.74) is 2.58. The fraction of sp³-hybridized carbons (Fsp3) is 0.219. The number of ether oxygens (including phenoxy) is 2. The van der Waals surface area contributed by atoms with Gasteiger partial charge in [0.2, 0.25) is 10.0 Å². The van der Waals surface area contributed by atoms with E-state index in [1.165, 1.54) is 22.5 Å². The lowest BCUT2D eigenvalue weighted by atomic mass is 10.0. The van der Waals surface area contributed by atoms with Gasteiger partial charge < -0.3 is 14.4 Å². The topological polar surface area (TPSA) is 76.2 Å². The molecule has 0 amide bonds. The van der Waals surface area contributed by atoms with Crippen LogP contribution in [-0.2, 0) is 26.1 Å². The van der Waals surface area contributed by atoms with Gasteiger partial charge in [-0.1, -0.05) is 66.2 Å². The van der Waals surface area contributed by atoms with Crippen LogP contribution in [0.25, 0.3) is 11.1 Å². The molecule has 0 aromatic heterocycles. The number of para-hydroxylation sites is 1. The molecule has 1 heterocycles. The van der Waals surface area contributed by atoms with Gasteiger partial charge in [0.15, 0.2) is 0 Å². The quantitative estimate of drug-likeness (QED) is 0.218. The lowest BCUT2D eigenvalue weighted by Crippen LogP contribution is -2.48. The minimum absolute atomic E-state index is 0.0231. The van der Waals surface area contributed by atoms with Crippen LogP contribution in [0.1, 0.15) is 22.8 Å². The van der Waals surface area contributed by atoms with E-state index in [1.54, 1.807) is 13.1 Å². The maximum absolute atomic E-state index is 14.4. The van der Waals surface area contributed by atoms with E-state index >= 15 is 0 Å². The molecular weight excluding hydrogens is 579 g/mol. The standard InChI is InChI=1S/C32H30ClFN2O5S/c1-21(41-20-22-10-6-4-7-11-22)30-19-36(24-12-8-5-9-13-24)29-18-27(33)25(17-31(29)42(38,39)35(30)2)23-14-15-28(34)26(16-23)32(37)40-3/h4-18,21,30H,19-20H2,1-3H3/t21-,30-/m0/s1. The average Bonchev–Trinajstić information content (AvgIpc) is 3.08. The first-order valence-electron chi connectivity index (χ1n) is 13.3. The molecule has 1 aliphatic rings. The molecular formula is C32H30ClFN2O5S. The molecule has 1 aliphatic heterocycles. The number of halogens is 2. The molecule has 42 heavy (non-hydrogen) atoms. The van der Waals surface area contributed by atoms with E-state index in [0.29, 0.717) is 30.0 Å². The molecule has 4 aromatic carbocycles. The highest BCUT2D eigenvalue weighted by molar-refractivity contribution is 7.89. The van der Waals surface area contributed by atoms with E-state index in [0.717, 1.165) is 24.4 Å². The van der Waals surface area contributed by atoms with Crippen LogP contribution < -0.4 is 4.90 Å². The number of carbonyl (C=O) groups is 1. The van der Waals surface area contributed by atoms with E-state index in [4.69, 9.17) is 21.1 Å². The monoisotopic (exact) mass is 608 g/mol. The predicted octanol–water partition coefficient (Wildman–Crippen LogP) is 6.68. The van der Waals surface area contributed by atoms with Crippen molar-refractivity contribution in [3.63, 3.8) is 0 Å². The number of anilines is 2. The summed E-state index contributed by atoms with van der Waals surface area (Å²) < 4.78 is 55.1. The van der Waals surface area contributed by atoms with Crippen molar-refractivity contribution in [1.82, 2.24) is 4.31 Å². The Kier molecular flexibility index (Phi) is 8.65. The van der Waals surface area contributed by atoms with Gasteiger partial charge in [-0.2, -0.15) is 4.31 Å². The summed E-state index contributed by atoms with van der Waals surface area (Å²) >= 11 is 6.78. The van der Waals surface area contributed by atoms with Crippen molar-refractivity contribution in [3.05, 3.63) is 113 Å². The summed E-state index contributed by atoms with van der Waals surface area (Å²) in [5.74, 6) is -1.61. The zero-order chi connectivity index (χ0) is 30.0. The lowest BCUT2D eigenvalue weighted by molar-refractivity contribution is 0.0147. The van der Waals surface area contributed by atoms with Crippen molar-refractivity contribution in [2.24, 2.45) is 0 Å². The summed E-state index contributed by atoms with van der Waals surface area (Å²) in [6, 6.07) is 25.5. The molecule has 4 aromatic rings. The predicted molar refractivity (Wildman–Crippen MR) is 161 cm³/mol. The molecule has 0 aliphatic carbocycles. The fourth-order valence-electron chi connectivity index (χ4n) is 5.08. The molecule has 7 nitrogen and oxygen atoms in total. The number of rotatable bonds is 7. The second-order valence-corrected chi connectivity index (χ2v) is 12.4. The number of hydrogen-bond acceptors (Lipinski definition) is 6. The molecule has 218 valence electrons. The third kappa shape index (κ3) is 5.78. The molecule has 0 fully saturated rings. The summed E-state index contributed by atoms with van der Waals surface area (Å²) in [6.07, 6.45) is -0.472. The first kappa shape index (κ1) is 29.7. The second kappa shape index (κ2) is 12.2. The van der Waals surface area contributed by atoms with Gasteiger partial charge in [0.1, 0.15) is 10.7 Å². The third-order valence-corrected chi connectivity index (χ3v) is 9.71. The number of nitrogens with zero attached hydrogens (tertiary/aromatic N) is 2. The van der Waals surface area contributed by atoms with E-state index in [2.05, 4.69) is 0 Å². The number of sulfonamides is 1. The molecule has 10 heteroatoms. The molecule has 0 bridgehead atoms. The molecule has 0 N–H and O–H groups in total. The minimum atomic E-state index is -4.07. The van der Waals surface area contributed by atoms with Crippen LogP contribution >= 0.6 is 11.6 Å². The van der Waals surface area contributed by atoms with Crippen LogP contribution in [0.5, 0.6) is 0 Å². The SMILES string of the molecule is COC(=O)c1cc(-c2cc3c(cc2Cl)N(c2ccccc2)C[C@@H]([C@H](C)OCc2ccccc2)N(C)S3(=O)=O)ccc1F. The van der Waals surface area contributed by atoms with Gasteiger partial charge >= 0.3 is 5.97 Å². The van der Waals surface area contributed by atoms with Gasteiger partial charge in [-0.3, -0.25) is 0 Å². The molecule has 5 rings (SSSR count). The number of carbonyl (C=O) groups excluding carboxylic acids is 1. The number of benzene rings is 4. The van der Waals surface area contributed by atoms with Crippen molar-refractivity contribution in [3.8, 4) is 11.1 Å². The molecule has 0 saturated heterocycles. The maximum Gasteiger partial charge on any atom is 0.340 e. The van der Waals surface area contributed by atoms with Gasteiger partial charge in [-0.05, 0) is 54.4 Å². The van der Waals surface area contributed by atoms with Crippen LogP contribution in [0.3, 0.4) is 0 Å². The number of fused-ring (bicyclic) bond motifs is 1. The van der Waals surface area contributed by atoms with Crippen LogP contribution in [-0.4, -0.2) is 51.5 Å². The largest absolute Gasteiger partial charge is 0.465 e. The van der Waals surface area contributed by atoms with Crippen LogP contribution in [0, 0.1) is 5.82 Å². The van der Waals surface area contributed by atoms with E-state index in [9.17, 15) is 17.6 Å². The fourth-order valence-corrected chi connectivity index (χ4v) is 6.96. The first-order chi connectivity index (χ1) is 20.1.